The van der Waals surface area contributed by atoms with E-state index in [4.69, 9.17) is 9.47 Å². The van der Waals surface area contributed by atoms with E-state index in [1.54, 1.807) is 24.3 Å². The number of hydrogen-bond donors (Lipinski definition) is 1. The first-order valence-corrected chi connectivity index (χ1v) is 7.57. The van der Waals surface area contributed by atoms with Crippen LogP contribution in [0.15, 0.2) is 36.9 Å². The third-order valence-electron chi connectivity index (χ3n) is 3.50. The number of nitrogens with zero attached hydrogens (tertiary/aromatic N) is 1. The van der Waals surface area contributed by atoms with Crippen molar-refractivity contribution < 1.29 is 23.9 Å². The maximum absolute atomic E-state index is 12.3. The summed E-state index contributed by atoms with van der Waals surface area (Å²) in [5, 5.41) is 2.54. The molecule has 1 aliphatic rings. The number of ether oxygens (including phenoxy) is 2. The second-order valence-corrected chi connectivity index (χ2v) is 5.32. The molecule has 1 aromatic carbocycles. The van der Waals surface area contributed by atoms with Crippen LogP contribution in [0.5, 0.6) is 5.75 Å². The Hall–Kier alpha value is -2.83. The zero-order chi connectivity index (χ0) is 17.7. The molecule has 24 heavy (non-hydrogen) atoms. The van der Waals surface area contributed by atoms with Crippen LogP contribution in [0.1, 0.15) is 13.8 Å². The molecule has 0 radical (unpaired) electrons. The van der Waals surface area contributed by atoms with Gasteiger partial charge in [-0.1, -0.05) is 18.2 Å². The lowest BCUT2D eigenvalue weighted by Crippen LogP contribution is -2.48. The van der Waals surface area contributed by atoms with Crippen LogP contribution in [0.2, 0.25) is 0 Å². The number of hydrogen-bond acceptors (Lipinski definition) is 5. The van der Waals surface area contributed by atoms with Crippen LogP contribution in [0, 0.1) is 0 Å². The average molecular weight is 332 g/mol. The SMILES string of the molecule is C=CCNC(=O)[C@H](C)OC(=O)[C@H]1CN(C(C)=O)c2ccccc2O1. The summed E-state index contributed by atoms with van der Waals surface area (Å²) in [5.74, 6) is -0.912. The number of fused-ring (bicyclic) bond motifs is 1. The van der Waals surface area contributed by atoms with Crippen molar-refractivity contribution in [3.63, 3.8) is 0 Å². The number of nitrogens with one attached hydrogen (secondary N) is 1. The van der Waals surface area contributed by atoms with Gasteiger partial charge < -0.3 is 19.7 Å². The Labute approximate surface area is 140 Å². The first-order valence-electron chi connectivity index (χ1n) is 7.57. The number of esters is 1. The van der Waals surface area contributed by atoms with Crippen LogP contribution in [0.3, 0.4) is 0 Å². The molecule has 0 unspecified atom stereocenters. The first kappa shape index (κ1) is 17.5. The normalized spacial score (nSPS) is 17.1. The monoisotopic (exact) mass is 332 g/mol. The summed E-state index contributed by atoms with van der Waals surface area (Å²) in [6, 6.07) is 6.94. The maximum Gasteiger partial charge on any atom is 0.350 e. The lowest BCUT2D eigenvalue weighted by molar-refractivity contribution is -0.161. The van der Waals surface area contributed by atoms with Crippen molar-refractivity contribution in [3.05, 3.63) is 36.9 Å². The largest absolute Gasteiger partial charge is 0.475 e. The second kappa shape index (κ2) is 7.63. The molecule has 2 atom stereocenters. The van der Waals surface area contributed by atoms with E-state index in [0.717, 1.165) is 0 Å². The molecule has 0 fully saturated rings. The molecule has 0 saturated heterocycles. The van der Waals surface area contributed by atoms with Crippen molar-refractivity contribution in [3.8, 4) is 5.75 Å². The van der Waals surface area contributed by atoms with Gasteiger partial charge in [0.1, 0.15) is 5.75 Å². The minimum atomic E-state index is -0.988. The zero-order valence-electron chi connectivity index (χ0n) is 13.7. The van der Waals surface area contributed by atoms with Crippen molar-refractivity contribution in [2.45, 2.75) is 26.1 Å². The summed E-state index contributed by atoms with van der Waals surface area (Å²) < 4.78 is 10.8. The predicted octanol–water partition coefficient (Wildman–Crippen LogP) is 1.03. The molecule has 0 bridgehead atoms. The molecular formula is C17H20N2O5. The Balaban J connectivity index is 2.07. The van der Waals surface area contributed by atoms with Crippen molar-refractivity contribution in [1.29, 1.82) is 0 Å². The summed E-state index contributed by atoms with van der Waals surface area (Å²) >= 11 is 0. The Morgan fingerprint density at radius 1 is 1.46 bits per heavy atom. The van der Waals surface area contributed by atoms with Crippen LogP contribution >= 0.6 is 0 Å². The number of rotatable bonds is 5. The highest BCUT2D eigenvalue weighted by atomic mass is 16.6. The molecular weight excluding hydrogens is 312 g/mol. The lowest BCUT2D eigenvalue weighted by atomic mass is 10.2. The number of amides is 2. The van der Waals surface area contributed by atoms with E-state index >= 15 is 0 Å². The van der Waals surface area contributed by atoms with Gasteiger partial charge in [-0.2, -0.15) is 0 Å². The molecule has 2 amide bonds. The molecule has 1 heterocycles. The van der Waals surface area contributed by atoms with Gasteiger partial charge in [-0.3, -0.25) is 9.59 Å². The van der Waals surface area contributed by atoms with E-state index in [9.17, 15) is 14.4 Å². The van der Waals surface area contributed by atoms with Crippen molar-refractivity contribution in [1.82, 2.24) is 5.32 Å². The highest BCUT2D eigenvalue weighted by Gasteiger charge is 2.34. The molecule has 2 rings (SSSR count). The van der Waals surface area contributed by atoms with Crippen molar-refractivity contribution in [2.75, 3.05) is 18.0 Å². The van der Waals surface area contributed by atoms with Gasteiger partial charge in [0.25, 0.3) is 5.91 Å². The number of carbonyl (C=O) groups excluding carboxylic acids is 3. The number of carbonyl (C=O) groups is 3. The zero-order valence-corrected chi connectivity index (χ0v) is 13.7. The molecule has 0 spiro atoms. The molecule has 0 aromatic heterocycles. The summed E-state index contributed by atoms with van der Waals surface area (Å²) in [5.41, 5.74) is 0.603. The lowest BCUT2D eigenvalue weighted by Gasteiger charge is -2.33. The van der Waals surface area contributed by atoms with Crippen LogP contribution in [0.4, 0.5) is 5.69 Å². The van der Waals surface area contributed by atoms with Crippen LogP contribution in [0.25, 0.3) is 0 Å². The molecule has 1 aliphatic heterocycles. The quantitative estimate of drug-likeness (QED) is 0.643. The molecule has 7 nitrogen and oxygen atoms in total. The van der Waals surface area contributed by atoms with Crippen molar-refractivity contribution in [2.24, 2.45) is 0 Å². The molecule has 1 N–H and O–H groups in total. The maximum atomic E-state index is 12.3. The van der Waals surface area contributed by atoms with Crippen LogP contribution in [-0.4, -0.2) is 43.1 Å². The Morgan fingerprint density at radius 3 is 2.83 bits per heavy atom. The summed E-state index contributed by atoms with van der Waals surface area (Å²) in [7, 11) is 0. The third kappa shape index (κ3) is 3.92. The first-order chi connectivity index (χ1) is 11.4. The molecule has 7 heteroatoms. The minimum absolute atomic E-state index is 0.0339. The fourth-order valence-corrected chi connectivity index (χ4v) is 2.28. The van der Waals surface area contributed by atoms with Gasteiger partial charge in [0.15, 0.2) is 6.10 Å². The van der Waals surface area contributed by atoms with Gasteiger partial charge in [-0.05, 0) is 19.1 Å². The standard InChI is InChI=1S/C17H20N2O5/c1-4-9-18-16(21)11(2)23-17(22)15-10-19(12(3)20)13-7-5-6-8-14(13)24-15/h4-8,11,15H,1,9-10H2,2-3H3,(H,18,21)/t11-,15+/m0/s1. The van der Waals surface area contributed by atoms with E-state index in [-0.39, 0.29) is 19.0 Å². The smallest absolute Gasteiger partial charge is 0.350 e. The minimum Gasteiger partial charge on any atom is -0.475 e. The van der Waals surface area contributed by atoms with E-state index in [2.05, 4.69) is 11.9 Å². The summed E-state index contributed by atoms with van der Waals surface area (Å²) in [6.45, 7) is 6.69. The average Bonchev–Trinajstić information content (AvgIpc) is 2.58. The number of para-hydroxylation sites is 2. The van der Waals surface area contributed by atoms with Gasteiger partial charge in [0.05, 0.1) is 12.2 Å². The number of benzene rings is 1. The summed E-state index contributed by atoms with van der Waals surface area (Å²) in [4.78, 5) is 37.3. The van der Waals surface area contributed by atoms with Gasteiger partial charge in [-0.25, -0.2) is 4.79 Å². The molecule has 0 aliphatic carbocycles. The fraction of sp³-hybridized carbons (Fsp3) is 0.353. The van der Waals surface area contributed by atoms with Gasteiger partial charge in [-0.15, -0.1) is 6.58 Å². The van der Waals surface area contributed by atoms with E-state index in [1.165, 1.54) is 24.8 Å². The second-order valence-electron chi connectivity index (χ2n) is 5.32. The van der Waals surface area contributed by atoms with E-state index < -0.39 is 24.1 Å². The molecule has 128 valence electrons. The van der Waals surface area contributed by atoms with Crippen LogP contribution in [-0.2, 0) is 19.1 Å². The highest BCUT2D eigenvalue weighted by molar-refractivity contribution is 5.95. The summed E-state index contributed by atoms with van der Waals surface area (Å²) in [6.07, 6.45) is -0.430. The van der Waals surface area contributed by atoms with Crippen LogP contribution < -0.4 is 15.0 Å². The van der Waals surface area contributed by atoms with E-state index in [1.807, 2.05) is 0 Å². The highest BCUT2D eigenvalue weighted by Crippen LogP contribution is 2.33. The number of anilines is 1. The predicted molar refractivity (Wildman–Crippen MR) is 87.6 cm³/mol. The Morgan fingerprint density at radius 2 is 2.17 bits per heavy atom. The van der Waals surface area contributed by atoms with Gasteiger partial charge >= 0.3 is 5.97 Å². The third-order valence-corrected chi connectivity index (χ3v) is 3.50. The fourth-order valence-electron chi connectivity index (χ4n) is 2.28. The Bertz CT molecular complexity index is 658. The van der Waals surface area contributed by atoms with Gasteiger partial charge in [0.2, 0.25) is 12.0 Å². The van der Waals surface area contributed by atoms with Gasteiger partial charge in [0, 0.05) is 13.5 Å². The molecule has 1 aromatic rings. The Kier molecular flexibility index (Phi) is 5.57. The van der Waals surface area contributed by atoms with Crippen molar-refractivity contribution >= 4 is 23.5 Å². The topological polar surface area (TPSA) is 84.9 Å². The van der Waals surface area contributed by atoms with E-state index in [0.29, 0.717) is 11.4 Å². The molecule has 0 saturated carbocycles.